The Hall–Kier alpha value is -5.72. The van der Waals surface area contributed by atoms with Crippen LogP contribution in [0.3, 0.4) is 0 Å². The second-order valence-electron chi connectivity index (χ2n) is 14.2. The molecule has 0 aliphatic rings. The average molecular weight is 687 g/mol. The van der Waals surface area contributed by atoms with E-state index in [9.17, 15) is 0 Å². The van der Waals surface area contributed by atoms with Gasteiger partial charge >= 0.3 is 0 Å². The predicted octanol–water partition coefficient (Wildman–Crippen LogP) is 15.4. The van der Waals surface area contributed by atoms with E-state index in [1.54, 1.807) is 0 Å². The molecule has 262 valence electrons. The molecule has 0 heterocycles. The summed E-state index contributed by atoms with van der Waals surface area (Å²) in [6, 6.07) is 57.6. The summed E-state index contributed by atoms with van der Waals surface area (Å²) < 4.78 is 0. The van der Waals surface area contributed by atoms with E-state index in [4.69, 9.17) is 0 Å². The van der Waals surface area contributed by atoms with Crippen molar-refractivity contribution in [1.82, 2.24) is 0 Å². The Balaban J connectivity index is 1.08. The lowest BCUT2D eigenvalue weighted by Gasteiger charge is -2.21. The molecule has 0 bridgehead atoms. The molecule has 0 saturated carbocycles. The number of allylic oxidation sites excluding steroid dienone is 2. The molecule has 0 nitrogen and oxygen atoms in total. The molecule has 0 aliphatic heterocycles. The first-order valence-corrected chi connectivity index (χ1v) is 19.4. The second kappa shape index (κ2) is 17.7. The van der Waals surface area contributed by atoms with Crippen molar-refractivity contribution in [2.75, 3.05) is 0 Å². The SMILES string of the molecule is C/C=C/CCC(CCC(CC)c1ccc(-c2ccc(/C=C/c3c4ccccc4c(/C=C/c4ccccc4)c4ccccc34)cc2)cc1)c1ccccc1. The number of benzene rings is 7. The van der Waals surface area contributed by atoms with Crippen LogP contribution in [0.4, 0.5) is 0 Å². The number of fused-ring (bicyclic) bond motifs is 2. The molecule has 7 aromatic carbocycles. The quantitative estimate of drug-likeness (QED) is 0.0607. The monoisotopic (exact) mass is 686 g/mol. The smallest absolute Gasteiger partial charge is 0.00987 e. The van der Waals surface area contributed by atoms with Gasteiger partial charge in [-0.05, 0) is 117 Å². The molecule has 0 N–H and O–H groups in total. The van der Waals surface area contributed by atoms with Crippen molar-refractivity contribution in [3.05, 3.63) is 203 Å². The topological polar surface area (TPSA) is 0 Å². The molecule has 7 aromatic rings. The van der Waals surface area contributed by atoms with Crippen LogP contribution in [0.15, 0.2) is 170 Å². The molecule has 0 radical (unpaired) electrons. The van der Waals surface area contributed by atoms with Gasteiger partial charge in [0.2, 0.25) is 0 Å². The van der Waals surface area contributed by atoms with E-state index in [1.165, 1.54) is 85.3 Å². The summed E-state index contributed by atoms with van der Waals surface area (Å²) in [5.41, 5.74) is 10.4. The summed E-state index contributed by atoms with van der Waals surface area (Å²) in [5.74, 6) is 1.18. The molecule has 0 spiro atoms. The minimum absolute atomic E-state index is 0.575. The van der Waals surface area contributed by atoms with Gasteiger partial charge in [-0.15, -0.1) is 0 Å². The summed E-state index contributed by atoms with van der Waals surface area (Å²) in [5, 5.41) is 5.06. The Bertz CT molecular complexity index is 2250. The largest absolute Gasteiger partial charge is 0.0917 e. The fraction of sp³-hybridized carbons (Fsp3) is 0.170. The molecule has 0 fully saturated rings. The van der Waals surface area contributed by atoms with Crippen LogP contribution in [-0.2, 0) is 0 Å². The Morgan fingerprint density at radius 2 is 0.849 bits per heavy atom. The lowest BCUT2D eigenvalue weighted by atomic mass is 9.83. The van der Waals surface area contributed by atoms with E-state index in [0.29, 0.717) is 11.8 Å². The maximum Gasteiger partial charge on any atom is -0.00987 e. The zero-order valence-corrected chi connectivity index (χ0v) is 31.2. The Kier molecular flexibility index (Phi) is 11.9. The molecular weight excluding hydrogens is 637 g/mol. The van der Waals surface area contributed by atoms with Gasteiger partial charge in [-0.2, -0.15) is 0 Å². The molecule has 0 amide bonds. The molecule has 0 heteroatoms. The van der Waals surface area contributed by atoms with Crippen molar-refractivity contribution in [2.45, 2.75) is 57.8 Å². The molecule has 7 rings (SSSR count). The minimum Gasteiger partial charge on any atom is -0.0917 e. The van der Waals surface area contributed by atoms with Gasteiger partial charge in [0, 0.05) is 0 Å². The maximum absolute atomic E-state index is 2.36. The molecule has 2 unspecified atom stereocenters. The third-order valence-corrected chi connectivity index (χ3v) is 10.9. The Labute approximate surface area is 316 Å². The Morgan fingerprint density at radius 3 is 1.36 bits per heavy atom. The minimum atomic E-state index is 0.575. The molecule has 53 heavy (non-hydrogen) atoms. The van der Waals surface area contributed by atoms with Gasteiger partial charge < -0.3 is 0 Å². The van der Waals surface area contributed by atoms with Gasteiger partial charge in [0.05, 0.1) is 0 Å². The van der Waals surface area contributed by atoms with Gasteiger partial charge in [-0.1, -0.05) is 201 Å². The van der Waals surface area contributed by atoms with Crippen LogP contribution in [0.1, 0.15) is 91.2 Å². The fourth-order valence-corrected chi connectivity index (χ4v) is 7.89. The van der Waals surface area contributed by atoms with E-state index < -0.39 is 0 Å². The average Bonchev–Trinajstić information content (AvgIpc) is 3.22. The third kappa shape index (κ3) is 8.67. The molecule has 2 atom stereocenters. The molecule has 0 aliphatic carbocycles. The van der Waals surface area contributed by atoms with Gasteiger partial charge in [-0.3, -0.25) is 0 Å². The van der Waals surface area contributed by atoms with Crippen molar-refractivity contribution >= 4 is 45.8 Å². The lowest BCUT2D eigenvalue weighted by molar-refractivity contribution is 0.498. The summed E-state index contributed by atoms with van der Waals surface area (Å²) in [6.07, 6.45) is 19.5. The van der Waals surface area contributed by atoms with Gasteiger partial charge in [-0.25, -0.2) is 0 Å². The highest BCUT2D eigenvalue weighted by atomic mass is 14.2. The highest BCUT2D eigenvalue weighted by Gasteiger charge is 2.16. The first kappa shape index (κ1) is 35.7. The van der Waals surface area contributed by atoms with Crippen molar-refractivity contribution < 1.29 is 0 Å². The molecule has 0 aromatic heterocycles. The van der Waals surface area contributed by atoms with Gasteiger partial charge in [0.1, 0.15) is 0 Å². The maximum atomic E-state index is 2.36. The van der Waals surface area contributed by atoms with Crippen LogP contribution in [0.5, 0.6) is 0 Å². The summed E-state index contributed by atoms with van der Waals surface area (Å²) in [6.45, 7) is 4.46. The van der Waals surface area contributed by atoms with Crippen LogP contribution in [0.25, 0.3) is 57.0 Å². The van der Waals surface area contributed by atoms with Crippen LogP contribution < -0.4 is 0 Å². The Morgan fingerprint density at radius 1 is 0.415 bits per heavy atom. The number of hydrogen-bond donors (Lipinski definition) is 0. The number of rotatable bonds is 14. The molecule has 0 saturated heterocycles. The van der Waals surface area contributed by atoms with Crippen molar-refractivity contribution in [3.8, 4) is 11.1 Å². The van der Waals surface area contributed by atoms with Crippen LogP contribution in [0, 0.1) is 0 Å². The van der Waals surface area contributed by atoms with Crippen molar-refractivity contribution in [1.29, 1.82) is 0 Å². The highest BCUT2D eigenvalue weighted by molar-refractivity contribution is 6.14. The van der Waals surface area contributed by atoms with E-state index in [2.05, 4.69) is 208 Å². The van der Waals surface area contributed by atoms with E-state index in [-0.39, 0.29) is 0 Å². The third-order valence-electron chi connectivity index (χ3n) is 10.9. The zero-order valence-electron chi connectivity index (χ0n) is 31.2. The zero-order chi connectivity index (χ0) is 36.2. The van der Waals surface area contributed by atoms with Crippen LogP contribution in [0.2, 0.25) is 0 Å². The lowest BCUT2D eigenvalue weighted by Crippen LogP contribution is -2.04. The fourth-order valence-electron chi connectivity index (χ4n) is 7.89. The van der Waals surface area contributed by atoms with Crippen LogP contribution >= 0.6 is 0 Å². The molecular formula is C53H50. The first-order chi connectivity index (χ1) is 26.2. The van der Waals surface area contributed by atoms with Crippen molar-refractivity contribution in [3.63, 3.8) is 0 Å². The van der Waals surface area contributed by atoms with Crippen LogP contribution in [-0.4, -0.2) is 0 Å². The standard InChI is InChI=1S/C53H50/c1-3-5-8-19-44(43-20-11-7-12-21-43)33-32-42(4-2)45-34-36-47(37-35-45)46-30-26-41(27-31-46)29-39-53-50-24-15-13-22-48(50)52(49-23-14-16-25-51(49)53)38-28-40-17-9-6-10-18-40/h3,5-7,9-18,20-31,34-39,42,44H,4,8,19,32-33H2,1-2H3/b5-3+,38-28+,39-29+. The first-order valence-electron chi connectivity index (χ1n) is 19.4. The summed E-state index contributed by atoms with van der Waals surface area (Å²) >= 11 is 0. The van der Waals surface area contributed by atoms with E-state index >= 15 is 0 Å². The normalized spacial score (nSPS) is 13.1. The predicted molar refractivity (Wildman–Crippen MR) is 233 cm³/mol. The highest BCUT2D eigenvalue weighted by Crippen LogP contribution is 2.36. The summed E-state index contributed by atoms with van der Waals surface area (Å²) in [7, 11) is 0. The van der Waals surface area contributed by atoms with Crippen molar-refractivity contribution in [2.24, 2.45) is 0 Å². The van der Waals surface area contributed by atoms with Gasteiger partial charge in [0.15, 0.2) is 0 Å². The number of hydrogen-bond acceptors (Lipinski definition) is 0. The van der Waals surface area contributed by atoms with Gasteiger partial charge in [0.25, 0.3) is 0 Å². The summed E-state index contributed by atoms with van der Waals surface area (Å²) in [4.78, 5) is 0. The van der Waals surface area contributed by atoms with E-state index in [0.717, 1.165) is 12.8 Å². The second-order valence-corrected chi connectivity index (χ2v) is 14.2. The van der Waals surface area contributed by atoms with E-state index in [1.807, 2.05) is 0 Å².